The fourth-order valence-electron chi connectivity index (χ4n) is 2.35. The highest BCUT2D eigenvalue weighted by Crippen LogP contribution is 2.28. The number of hydrogen-bond acceptors (Lipinski definition) is 4. The van der Waals surface area contributed by atoms with Gasteiger partial charge in [-0.15, -0.1) is 11.8 Å². The monoisotopic (exact) mass is 264 g/mol. The van der Waals surface area contributed by atoms with Gasteiger partial charge in [-0.25, -0.2) is 0 Å². The summed E-state index contributed by atoms with van der Waals surface area (Å²) in [6, 6.07) is 3.95. The average molecular weight is 264 g/mol. The zero-order valence-corrected chi connectivity index (χ0v) is 11.4. The number of aromatic nitrogens is 1. The summed E-state index contributed by atoms with van der Waals surface area (Å²) in [5.41, 5.74) is 6.82. The highest BCUT2D eigenvalue weighted by Gasteiger charge is 2.34. The Balaban J connectivity index is 1.78. The molecule has 1 aromatic rings. The number of ketones is 1. The SMILES string of the molecule is NC1(C(=O)CSCc2cccnc2)CCCCC1. The normalized spacial score (nSPS) is 18.5. The first-order valence-corrected chi connectivity index (χ1v) is 7.65. The van der Waals surface area contributed by atoms with Crippen molar-refractivity contribution in [1.82, 2.24) is 4.98 Å². The molecule has 0 aromatic carbocycles. The van der Waals surface area contributed by atoms with Crippen LogP contribution in [0.4, 0.5) is 0 Å². The third kappa shape index (κ3) is 3.56. The van der Waals surface area contributed by atoms with E-state index in [0.717, 1.165) is 37.0 Å². The van der Waals surface area contributed by atoms with E-state index in [1.807, 2.05) is 18.3 Å². The molecule has 0 amide bonds. The molecular formula is C14H20N2OS. The molecule has 2 N–H and O–H groups in total. The van der Waals surface area contributed by atoms with Gasteiger partial charge < -0.3 is 5.73 Å². The van der Waals surface area contributed by atoms with Crippen molar-refractivity contribution < 1.29 is 4.79 Å². The second-order valence-electron chi connectivity index (χ2n) is 4.99. The van der Waals surface area contributed by atoms with E-state index < -0.39 is 5.54 Å². The van der Waals surface area contributed by atoms with E-state index in [9.17, 15) is 4.79 Å². The largest absolute Gasteiger partial charge is 0.319 e. The van der Waals surface area contributed by atoms with E-state index in [-0.39, 0.29) is 5.78 Å². The molecule has 0 spiro atoms. The molecule has 0 saturated heterocycles. The van der Waals surface area contributed by atoms with E-state index in [0.29, 0.717) is 5.75 Å². The predicted molar refractivity (Wildman–Crippen MR) is 75.4 cm³/mol. The molecule has 1 heterocycles. The quantitative estimate of drug-likeness (QED) is 0.888. The number of thioether (sulfide) groups is 1. The molecule has 3 nitrogen and oxygen atoms in total. The van der Waals surface area contributed by atoms with E-state index >= 15 is 0 Å². The van der Waals surface area contributed by atoms with Gasteiger partial charge in [0.15, 0.2) is 5.78 Å². The van der Waals surface area contributed by atoms with Crippen molar-refractivity contribution in [1.29, 1.82) is 0 Å². The van der Waals surface area contributed by atoms with Crippen LogP contribution in [-0.2, 0) is 10.5 Å². The number of Topliss-reactive ketones (excluding diaryl/α,β-unsaturated/α-hetero) is 1. The lowest BCUT2D eigenvalue weighted by Crippen LogP contribution is -2.50. The minimum absolute atomic E-state index is 0.219. The maximum atomic E-state index is 12.1. The Kier molecular flexibility index (Phi) is 4.78. The molecule has 1 aliphatic rings. The van der Waals surface area contributed by atoms with Crippen LogP contribution in [0.3, 0.4) is 0 Å². The summed E-state index contributed by atoms with van der Waals surface area (Å²) in [5.74, 6) is 1.57. The Hall–Kier alpha value is -0.870. The van der Waals surface area contributed by atoms with E-state index in [1.165, 1.54) is 6.42 Å². The third-order valence-corrected chi connectivity index (χ3v) is 4.53. The minimum Gasteiger partial charge on any atom is -0.319 e. The zero-order valence-electron chi connectivity index (χ0n) is 10.6. The van der Waals surface area contributed by atoms with Crippen LogP contribution in [0, 0.1) is 0 Å². The molecular weight excluding hydrogens is 244 g/mol. The van der Waals surface area contributed by atoms with Crippen LogP contribution in [-0.4, -0.2) is 22.1 Å². The van der Waals surface area contributed by atoms with Gasteiger partial charge >= 0.3 is 0 Å². The predicted octanol–water partition coefficient (Wildman–Crippen LogP) is 2.55. The molecule has 18 heavy (non-hydrogen) atoms. The first-order chi connectivity index (χ1) is 8.71. The second-order valence-corrected chi connectivity index (χ2v) is 5.98. The number of carbonyl (C=O) groups is 1. The number of carbonyl (C=O) groups excluding carboxylic acids is 1. The molecule has 0 unspecified atom stereocenters. The Morgan fingerprint density at radius 3 is 2.83 bits per heavy atom. The van der Waals surface area contributed by atoms with Gasteiger partial charge in [-0.1, -0.05) is 25.3 Å². The summed E-state index contributed by atoms with van der Waals surface area (Å²) < 4.78 is 0. The van der Waals surface area contributed by atoms with E-state index in [4.69, 9.17) is 5.73 Å². The van der Waals surface area contributed by atoms with Crippen LogP contribution >= 0.6 is 11.8 Å². The van der Waals surface area contributed by atoms with Crippen molar-refractivity contribution in [2.24, 2.45) is 5.73 Å². The molecule has 0 bridgehead atoms. The number of pyridine rings is 1. The van der Waals surface area contributed by atoms with Crippen molar-refractivity contribution in [3.63, 3.8) is 0 Å². The Morgan fingerprint density at radius 1 is 1.39 bits per heavy atom. The first-order valence-electron chi connectivity index (χ1n) is 6.49. The van der Waals surface area contributed by atoms with E-state index in [1.54, 1.807) is 18.0 Å². The third-order valence-electron chi connectivity index (χ3n) is 3.53. The molecule has 0 radical (unpaired) electrons. The van der Waals surface area contributed by atoms with Crippen molar-refractivity contribution in [2.75, 3.05) is 5.75 Å². The van der Waals surface area contributed by atoms with Gasteiger partial charge in [0.1, 0.15) is 0 Å². The molecule has 1 aliphatic carbocycles. The van der Waals surface area contributed by atoms with Crippen molar-refractivity contribution >= 4 is 17.5 Å². The standard InChI is InChI=1S/C14H20N2OS/c15-14(6-2-1-3-7-14)13(17)11-18-10-12-5-4-8-16-9-12/h4-5,8-9H,1-3,6-7,10-11,15H2. The maximum Gasteiger partial charge on any atom is 0.162 e. The fourth-order valence-corrected chi connectivity index (χ4v) is 3.33. The molecule has 0 aliphatic heterocycles. The van der Waals surface area contributed by atoms with Gasteiger partial charge in [-0.2, -0.15) is 0 Å². The van der Waals surface area contributed by atoms with Gasteiger partial charge in [0.05, 0.1) is 11.3 Å². The molecule has 1 aromatic heterocycles. The topological polar surface area (TPSA) is 56.0 Å². The first kappa shape index (κ1) is 13.6. The van der Waals surface area contributed by atoms with Crippen LogP contribution < -0.4 is 5.73 Å². The molecule has 0 atom stereocenters. The van der Waals surface area contributed by atoms with Gasteiger partial charge in [0.25, 0.3) is 0 Å². The second kappa shape index (κ2) is 6.34. The Bertz CT molecular complexity index is 388. The van der Waals surface area contributed by atoms with Crippen molar-refractivity contribution in [2.45, 2.75) is 43.4 Å². The number of nitrogens with two attached hydrogens (primary N) is 1. The van der Waals surface area contributed by atoms with Gasteiger partial charge in [0.2, 0.25) is 0 Å². The fraction of sp³-hybridized carbons (Fsp3) is 0.571. The summed E-state index contributed by atoms with van der Waals surface area (Å²) in [6.07, 6.45) is 8.73. The average Bonchev–Trinajstić information content (AvgIpc) is 2.41. The lowest BCUT2D eigenvalue weighted by atomic mass is 9.80. The molecule has 98 valence electrons. The summed E-state index contributed by atoms with van der Waals surface area (Å²) in [6.45, 7) is 0. The van der Waals surface area contributed by atoms with Crippen molar-refractivity contribution in [3.05, 3.63) is 30.1 Å². The lowest BCUT2D eigenvalue weighted by molar-refractivity contribution is -0.122. The molecule has 2 rings (SSSR count). The number of nitrogens with zero attached hydrogens (tertiary/aromatic N) is 1. The lowest BCUT2D eigenvalue weighted by Gasteiger charge is -2.31. The smallest absolute Gasteiger partial charge is 0.162 e. The van der Waals surface area contributed by atoms with Gasteiger partial charge in [-0.3, -0.25) is 9.78 Å². The van der Waals surface area contributed by atoms with Crippen molar-refractivity contribution in [3.8, 4) is 0 Å². The Morgan fingerprint density at radius 2 is 2.17 bits per heavy atom. The van der Waals surface area contributed by atoms with Crippen LogP contribution in [0.5, 0.6) is 0 Å². The number of rotatable bonds is 5. The number of hydrogen-bond donors (Lipinski definition) is 1. The molecule has 4 heteroatoms. The van der Waals surface area contributed by atoms with Gasteiger partial charge in [0, 0.05) is 18.1 Å². The summed E-state index contributed by atoms with van der Waals surface area (Å²) in [4.78, 5) is 16.2. The van der Waals surface area contributed by atoms with E-state index in [2.05, 4.69) is 4.98 Å². The summed E-state index contributed by atoms with van der Waals surface area (Å²) in [7, 11) is 0. The van der Waals surface area contributed by atoms with Crippen LogP contribution in [0.1, 0.15) is 37.7 Å². The zero-order chi connectivity index (χ0) is 12.8. The highest BCUT2D eigenvalue weighted by molar-refractivity contribution is 7.99. The summed E-state index contributed by atoms with van der Waals surface area (Å²) in [5, 5.41) is 0. The minimum atomic E-state index is -0.541. The Labute approximate surface area is 113 Å². The maximum absolute atomic E-state index is 12.1. The molecule has 1 saturated carbocycles. The van der Waals surface area contributed by atoms with Crippen LogP contribution in [0.2, 0.25) is 0 Å². The van der Waals surface area contributed by atoms with Gasteiger partial charge in [-0.05, 0) is 24.5 Å². The highest BCUT2D eigenvalue weighted by atomic mass is 32.2. The van der Waals surface area contributed by atoms with Crippen LogP contribution in [0.25, 0.3) is 0 Å². The summed E-state index contributed by atoms with van der Waals surface area (Å²) >= 11 is 1.64. The molecule has 1 fully saturated rings. The van der Waals surface area contributed by atoms with Crippen LogP contribution in [0.15, 0.2) is 24.5 Å².